The van der Waals surface area contributed by atoms with Gasteiger partial charge in [0.2, 0.25) is 0 Å². The number of aromatic hydroxyl groups is 1. The average molecular weight is 297 g/mol. The SMILES string of the molecule is Cc1ncc(CO)c(/C=N/N(CC(=O)O)CC(=O)O)c1O. The van der Waals surface area contributed by atoms with E-state index >= 15 is 0 Å². The molecular formula is C12H15N3O6. The molecule has 0 radical (unpaired) electrons. The van der Waals surface area contributed by atoms with Gasteiger partial charge in [-0.3, -0.25) is 19.6 Å². The quantitative estimate of drug-likeness (QED) is 0.385. The molecule has 0 amide bonds. The van der Waals surface area contributed by atoms with E-state index < -0.39 is 31.6 Å². The number of aryl methyl sites for hydroxylation is 1. The lowest BCUT2D eigenvalue weighted by Crippen LogP contribution is -2.30. The molecule has 1 aromatic rings. The first-order valence-electron chi connectivity index (χ1n) is 5.86. The Bertz CT molecular complexity index is 556. The van der Waals surface area contributed by atoms with Crippen molar-refractivity contribution in [3.05, 3.63) is 23.0 Å². The second-order valence-corrected chi connectivity index (χ2v) is 4.14. The van der Waals surface area contributed by atoms with Gasteiger partial charge in [-0.15, -0.1) is 0 Å². The van der Waals surface area contributed by atoms with Gasteiger partial charge in [0.05, 0.1) is 18.5 Å². The highest BCUT2D eigenvalue weighted by Crippen LogP contribution is 2.22. The maximum atomic E-state index is 10.6. The van der Waals surface area contributed by atoms with Crippen LogP contribution in [0.25, 0.3) is 0 Å². The van der Waals surface area contributed by atoms with E-state index in [2.05, 4.69) is 10.1 Å². The second kappa shape index (κ2) is 7.20. The molecule has 9 nitrogen and oxygen atoms in total. The summed E-state index contributed by atoms with van der Waals surface area (Å²) >= 11 is 0. The Morgan fingerprint density at radius 3 is 2.38 bits per heavy atom. The number of aliphatic hydroxyl groups is 1. The molecule has 0 saturated carbocycles. The van der Waals surface area contributed by atoms with E-state index in [-0.39, 0.29) is 16.9 Å². The largest absolute Gasteiger partial charge is 0.505 e. The minimum atomic E-state index is -1.24. The molecule has 114 valence electrons. The molecule has 0 unspecified atom stereocenters. The summed E-state index contributed by atoms with van der Waals surface area (Å²) in [6.45, 7) is -0.0790. The van der Waals surface area contributed by atoms with Gasteiger partial charge in [-0.05, 0) is 6.92 Å². The van der Waals surface area contributed by atoms with Crippen molar-refractivity contribution in [3.63, 3.8) is 0 Å². The van der Waals surface area contributed by atoms with Crippen LogP contribution in [0.15, 0.2) is 11.3 Å². The van der Waals surface area contributed by atoms with Crippen LogP contribution in [-0.4, -0.2) is 61.7 Å². The Morgan fingerprint density at radius 1 is 1.33 bits per heavy atom. The summed E-state index contributed by atoms with van der Waals surface area (Å²) in [4.78, 5) is 25.1. The van der Waals surface area contributed by atoms with Crippen molar-refractivity contribution in [1.29, 1.82) is 0 Å². The molecule has 1 aromatic heterocycles. The summed E-state index contributed by atoms with van der Waals surface area (Å²) in [5, 5.41) is 41.0. The fourth-order valence-corrected chi connectivity index (χ4v) is 1.51. The zero-order chi connectivity index (χ0) is 16.0. The molecule has 0 aliphatic carbocycles. The average Bonchev–Trinajstić information content (AvgIpc) is 2.38. The number of pyridine rings is 1. The standard InChI is InChI=1S/C12H15N3O6/c1-7-12(21)9(8(6-16)2-13-7)3-14-15(4-10(17)18)5-11(19)20/h2-3,16,21H,4-6H2,1H3,(H,17,18)(H,19,20)/b14-3+. The first kappa shape index (κ1) is 16.4. The topological polar surface area (TPSA) is 144 Å². The number of aliphatic hydroxyl groups excluding tert-OH is 1. The molecule has 0 aliphatic heterocycles. The van der Waals surface area contributed by atoms with Crippen LogP contribution in [0.2, 0.25) is 0 Å². The Kier molecular flexibility index (Phi) is 5.61. The lowest BCUT2D eigenvalue weighted by molar-refractivity contribution is -0.141. The molecule has 21 heavy (non-hydrogen) atoms. The van der Waals surface area contributed by atoms with Gasteiger partial charge in [0, 0.05) is 17.3 Å². The maximum absolute atomic E-state index is 10.6. The van der Waals surface area contributed by atoms with E-state index in [0.717, 1.165) is 11.2 Å². The number of aromatic nitrogens is 1. The van der Waals surface area contributed by atoms with Gasteiger partial charge in [0.25, 0.3) is 0 Å². The van der Waals surface area contributed by atoms with Gasteiger partial charge >= 0.3 is 11.9 Å². The predicted octanol–water partition coefficient (Wildman–Crippen LogP) is -0.607. The predicted molar refractivity (Wildman–Crippen MR) is 71.0 cm³/mol. The number of nitrogens with zero attached hydrogens (tertiary/aromatic N) is 3. The molecule has 0 aliphatic rings. The first-order chi connectivity index (χ1) is 9.85. The monoisotopic (exact) mass is 297 g/mol. The van der Waals surface area contributed by atoms with Crippen molar-refractivity contribution in [3.8, 4) is 5.75 Å². The Labute approximate surface area is 119 Å². The smallest absolute Gasteiger partial charge is 0.324 e. The number of carboxylic acid groups (broad SMARTS) is 2. The Morgan fingerprint density at radius 2 is 1.90 bits per heavy atom. The molecule has 1 heterocycles. The van der Waals surface area contributed by atoms with Crippen LogP contribution in [-0.2, 0) is 16.2 Å². The van der Waals surface area contributed by atoms with Crippen molar-refractivity contribution in [2.24, 2.45) is 5.10 Å². The molecule has 0 spiro atoms. The summed E-state index contributed by atoms with van der Waals surface area (Å²) < 4.78 is 0. The number of carboxylic acids is 2. The highest BCUT2D eigenvalue weighted by molar-refractivity contribution is 5.85. The van der Waals surface area contributed by atoms with Crippen LogP contribution in [0.3, 0.4) is 0 Å². The molecule has 9 heteroatoms. The summed E-state index contributed by atoms with van der Waals surface area (Å²) in [6, 6.07) is 0. The van der Waals surface area contributed by atoms with E-state index in [1.807, 2.05) is 0 Å². The Balaban J connectivity index is 3.07. The molecule has 1 rings (SSSR count). The summed E-state index contributed by atoms with van der Waals surface area (Å²) in [5.41, 5.74) is 0.745. The summed E-state index contributed by atoms with van der Waals surface area (Å²) in [7, 11) is 0. The van der Waals surface area contributed by atoms with E-state index in [9.17, 15) is 19.8 Å². The first-order valence-corrected chi connectivity index (χ1v) is 5.86. The van der Waals surface area contributed by atoms with Gasteiger partial charge in [0.1, 0.15) is 18.8 Å². The van der Waals surface area contributed by atoms with Crippen molar-refractivity contribution in [2.45, 2.75) is 13.5 Å². The van der Waals surface area contributed by atoms with Crippen molar-refractivity contribution < 1.29 is 30.0 Å². The minimum absolute atomic E-state index is 0.158. The molecule has 4 N–H and O–H groups in total. The zero-order valence-electron chi connectivity index (χ0n) is 11.2. The van der Waals surface area contributed by atoms with E-state index in [0.29, 0.717) is 5.69 Å². The molecule has 0 bridgehead atoms. The third-order valence-corrected chi connectivity index (χ3v) is 2.51. The van der Waals surface area contributed by atoms with Gasteiger partial charge in [-0.25, -0.2) is 0 Å². The molecule has 0 saturated heterocycles. The van der Waals surface area contributed by atoms with Gasteiger partial charge < -0.3 is 20.4 Å². The van der Waals surface area contributed by atoms with Crippen molar-refractivity contribution in [2.75, 3.05) is 13.1 Å². The van der Waals surface area contributed by atoms with E-state index in [1.54, 1.807) is 6.92 Å². The molecule has 0 fully saturated rings. The third-order valence-electron chi connectivity index (χ3n) is 2.51. The van der Waals surface area contributed by atoms with Crippen LogP contribution in [0.4, 0.5) is 0 Å². The fourth-order valence-electron chi connectivity index (χ4n) is 1.51. The minimum Gasteiger partial charge on any atom is -0.505 e. The number of hydrazone groups is 1. The second-order valence-electron chi connectivity index (χ2n) is 4.14. The highest BCUT2D eigenvalue weighted by atomic mass is 16.4. The number of carbonyl (C=O) groups is 2. The molecule has 0 atom stereocenters. The maximum Gasteiger partial charge on any atom is 0.324 e. The normalized spacial score (nSPS) is 10.8. The fraction of sp³-hybridized carbons (Fsp3) is 0.333. The number of hydrogen-bond acceptors (Lipinski definition) is 7. The van der Waals surface area contributed by atoms with E-state index in [1.165, 1.54) is 6.20 Å². The summed E-state index contributed by atoms with van der Waals surface area (Å²) in [6.07, 6.45) is 2.44. The van der Waals surface area contributed by atoms with Crippen LogP contribution in [0.1, 0.15) is 16.8 Å². The third kappa shape index (κ3) is 4.73. The van der Waals surface area contributed by atoms with Crippen molar-refractivity contribution >= 4 is 18.2 Å². The van der Waals surface area contributed by atoms with Crippen LogP contribution >= 0.6 is 0 Å². The van der Waals surface area contributed by atoms with Crippen LogP contribution in [0.5, 0.6) is 5.75 Å². The lowest BCUT2D eigenvalue weighted by Gasteiger charge is -2.14. The lowest BCUT2D eigenvalue weighted by atomic mass is 10.1. The van der Waals surface area contributed by atoms with Gasteiger partial charge in [-0.1, -0.05) is 0 Å². The number of aliphatic carboxylic acids is 2. The van der Waals surface area contributed by atoms with Gasteiger partial charge in [-0.2, -0.15) is 5.10 Å². The van der Waals surface area contributed by atoms with Crippen LogP contribution < -0.4 is 0 Å². The molecular weight excluding hydrogens is 282 g/mol. The highest BCUT2D eigenvalue weighted by Gasteiger charge is 2.13. The zero-order valence-corrected chi connectivity index (χ0v) is 11.2. The number of rotatable bonds is 7. The van der Waals surface area contributed by atoms with Crippen LogP contribution in [0, 0.1) is 6.92 Å². The summed E-state index contributed by atoms with van der Waals surface area (Å²) in [5.74, 6) is -2.70. The Hall–Kier alpha value is -2.68. The molecule has 0 aromatic carbocycles. The van der Waals surface area contributed by atoms with E-state index in [4.69, 9.17) is 10.2 Å². The van der Waals surface area contributed by atoms with Gasteiger partial charge in [0.15, 0.2) is 0 Å². The van der Waals surface area contributed by atoms with Crippen molar-refractivity contribution in [1.82, 2.24) is 9.99 Å². The number of hydrogen-bond donors (Lipinski definition) is 4.